The zero-order chi connectivity index (χ0) is 14.3. The Bertz CT molecular complexity index is 803. The Balaban J connectivity index is 2.27. The number of fused-ring (bicyclic) bond motifs is 1. The maximum absolute atomic E-state index is 12.7. The highest BCUT2D eigenvalue weighted by Gasteiger charge is 2.21. The first kappa shape index (κ1) is 13.2. The van der Waals surface area contributed by atoms with Crippen molar-refractivity contribution in [3.8, 4) is 5.75 Å². The lowest BCUT2D eigenvalue weighted by atomic mass is 10.1. The molecule has 3 rings (SSSR count). The van der Waals surface area contributed by atoms with Crippen molar-refractivity contribution in [2.24, 2.45) is 7.05 Å². The number of ketones is 1. The average Bonchev–Trinajstić information content (AvgIpc) is 3.02. The van der Waals surface area contributed by atoms with Gasteiger partial charge in [-0.15, -0.1) is 11.3 Å². The molecule has 20 heavy (non-hydrogen) atoms. The number of carbonyl (C=O) groups excluding carboxylic acids is 1. The molecule has 3 aromatic rings. The number of ether oxygens (including phenoxy) is 1. The van der Waals surface area contributed by atoms with Gasteiger partial charge in [0.05, 0.1) is 33.5 Å². The van der Waals surface area contributed by atoms with Crippen molar-refractivity contribution in [3.05, 3.63) is 51.3 Å². The first-order valence-corrected chi connectivity index (χ1v) is 7.29. The van der Waals surface area contributed by atoms with Crippen molar-refractivity contribution in [3.63, 3.8) is 0 Å². The van der Waals surface area contributed by atoms with Crippen LogP contribution in [-0.2, 0) is 7.05 Å². The van der Waals surface area contributed by atoms with Gasteiger partial charge in [-0.3, -0.25) is 4.79 Å². The molecule has 0 radical (unpaired) electrons. The molecule has 5 heteroatoms. The molecule has 0 spiro atoms. The Kier molecular flexibility index (Phi) is 3.28. The summed E-state index contributed by atoms with van der Waals surface area (Å²) in [6, 6.07) is 7.47. The molecule has 0 unspecified atom stereocenters. The SMILES string of the molecule is COc1cccc2c1c(C(=O)c1sccc1Cl)cn2C. The third-order valence-corrected chi connectivity index (χ3v) is 4.60. The highest BCUT2D eigenvalue weighted by molar-refractivity contribution is 7.13. The minimum Gasteiger partial charge on any atom is -0.496 e. The predicted octanol–water partition coefficient (Wildman–Crippen LogP) is 4.13. The molecule has 1 aromatic carbocycles. The second-order valence-corrected chi connectivity index (χ2v) is 5.76. The number of methoxy groups -OCH3 is 1. The number of aryl methyl sites for hydroxylation is 1. The van der Waals surface area contributed by atoms with Crippen LogP contribution in [0.1, 0.15) is 15.2 Å². The molecule has 2 heterocycles. The van der Waals surface area contributed by atoms with E-state index in [4.69, 9.17) is 16.3 Å². The second-order valence-electron chi connectivity index (χ2n) is 4.43. The average molecular weight is 306 g/mol. The van der Waals surface area contributed by atoms with Gasteiger partial charge in [-0.25, -0.2) is 0 Å². The summed E-state index contributed by atoms with van der Waals surface area (Å²) in [5.41, 5.74) is 1.57. The highest BCUT2D eigenvalue weighted by Crippen LogP contribution is 2.33. The Morgan fingerprint density at radius 3 is 2.80 bits per heavy atom. The quantitative estimate of drug-likeness (QED) is 0.681. The predicted molar refractivity (Wildman–Crippen MR) is 82.2 cm³/mol. The summed E-state index contributed by atoms with van der Waals surface area (Å²) >= 11 is 7.42. The zero-order valence-electron chi connectivity index (χ0n) is 11.0. The maximum Gasteiger partial charge on any atom is 0.206 e. The van der Waals surface area contributed by atoms with Gasteiger partial charge in [0.1, 0.15) is 5.75 Å². The topological polar surface area (TPSA) is 31.2 Å². The summed E-state index contributed by atoms with van der Waals surface area (Å²) in [6.45, 7) is 0. The number of nitrogens with zero attached hydrogens (tertiary/aromatic N) is 1. The Morgan fingerprint density at radius 1 is 1.35 bits per heavy atom. The standard InChI is InChI=1S/C15H12ClNO2S/c1-17-8-9(14(18)15-10(16)6-7-20-15)13-11(17)4-3-5-12(13)19-2/h3-8H,1-2H3. The van der Waals surface area contributed by atoms with Gasteiger partial charge in [0.25, 0.3) is 0 Å². The molecule has 0 N–H and O–H groups in total. The van der Waals surface area contributed by atoms with Gasteiger partial charge in [-0.05, 0) is 23.6 Å². The number of hydrogen-bond acceptors (Lipinski definition) is 3. The highest BCUT2D eigenvalue weighted by atomic mass is 35.5. The van der Waals surface area contributed by atoms with Gasteiger partial charge in [-0.1, -0.05) is 17.7 Å². The second kappa shape index (κ2) is 4.96. The van der Waals surface area contributed by atoms with Gasteiger partial charge < -0.3 is 9.30 Å². The van der Waals surface area contributed by atoms with Crippen molar-refractivity contribution in [1.82, 2.24) is 4.57 Å². The molecule has 0 fully saturated rings. The van der Waals surface area contributed by atoms with Crippen LogP contribution in [0.3, 0.4) is 0 Å². The summed E-state index contributed by atoms with van der Waals surface area (Å²) in [7, 11) is 3.52. The Hall–Kier alpha value is -1.78. The van der Waals surface area contributed by atoms with Gasteiger partial charge in [0.15, 0.2) is 0 Å². The molecule has 102 valence electrons. The molecule has 0 atom stereocenters. The van der Waals surface area contributed by atoms with Gasteiger partial charge >= 0.3 is 0 Å². The number of benzene rings is 1. The summed E-state index contributed by atoms with van der Waals surface area (Å²) in [5, 5.41) is 3.14. The number of hydrogen-bond donors (Lipinski definition) is 0. The van der Waals surface area contributed by atoms with Gasteiger partial charge in [-0.2, -0.15) is 0 Å². The van der Waals surface area contributed by atoms with E-state index in [1.165, 1.54) is 11.3 Å². The van der Waals surface area contributed by atoms with Crippen LogP contribution < -0.4 is 4.74 Å². The number of carbonyl (C=O) groups is 1. The van der Waals surface area contributed by atoms with E-state index in [2.05, 4.69) is 0 Å². The number of halogens is 1. The summed E-state index contributed by atoms with van der Waals surface area (Å²) < 4.78 is 7.31. The van der Waals surface area contributed by atoms with Crippen molar-refractivity contribution >= 4 is 39.6 Å². The largest absolute Gasteiger partial charge is 0.496 e. The van der Waals surface area contributed by atoms with Crippen LogP contribution in [0.15, 0.2) is 35.8 Å². The molecule has 0 saturated carbocycles. The van der Waals surface area contributed by atoms with Crippen LogP contribution in [0, 0.1) is 0 Å². The normalized spacial score (nSPS) is 10.9. The van der Waals surface area contributed by atoms with Gasteiger partial charge in [0.2, 0.25) is 5.78 Å². The maximum atomic E-state index is 12.7. The molecule has 0 aliphatic rings. The fraction of sp³-hybridized carbons (Fsp3) is 0.133. The smallest absolute Gasteiger partial charge is 0.206 e. The number of aromatic nitrogens is 1. The molecule has 0 aliphatic heterocycles. The van der Waals surface area contributed by atoms with Crippen LogP contribution in [0.25, 0.3) is 10.9 Å². The fourth-order valence-electron chi connectivity index (χ4n) is 2.33. The molecular weight excluding hydrogens is 294 g/mol. The van der Waals surface area contributed by atoms with Crippen molar-refractivity contribution < 1.29 is 9.53 Å². The molecule has 0 saturated heterocycles. The third kappa shape index (κ3) is 1.92. The number of rotatable bonds is 3. The van der Waals surface area contributed by atoms with Crippen LogP contribution >= 0.6 is 22.9 Å². The molecule has 3 nitrogen and oxygen atoms in total. The molecule has 0 aliphatic carbocycles. The van der Waals surface area contributed by atoms with Gasteiger partial charge in [0, 0.05) is 13.2 Å². The Labute approximate surface area is 125 Å². The monoisotopic (exact) mass is 305 g/mol. The lowest BCUT2D eigenvalue weighted by Gasteiger charge is -2.04. The van der Waals surface area contributed by atoms with Crippen LogP contribution in [0.2, 0.25) is 5.02 Å². The number of thiophene rings is 1. The van der Waals surface area contributed by atoms with E-state index >= 15 is 0 Å². The van der Waals surface area contributed by atoms with Crippen molar-refractivity contribution in [2.45, 2.75) is 0 Å². The van der Waals surface area contributed by atoms with E-state index in [1.54, 1.807) is 13.2 Å². The van der Waals surface area contributed by atoms with Crippen LogP contribution in [0.5, 0.6) is 5.75 Å². The van der Waals surface area contributed by atoms with E-state index < -0.39 is 0 Å². The Morgan fingerprint density at radius 2 is 2.15 bits per heavy atom. The summed E-state index contributed by atoms with van der Waals surface area (Å²) in [6.07, 6.45) is 1.82. The molecular formula is C15H12ClNO2S. The minimum atomic E-state index is -0.0694. The van der Waals surface area contributed by atoms with Crippen molar-refractivity contribution in [1.29, 1.82) is 0 Å². The summed E-state index contributed by atoms with van der Waals surface area (Å²) in [4.78, 5) is 13.2. The van der Waals surface area contributed by atoms with E-state index in [9.17, 15) is 4.79 Å². The van der Waals surface area contributed by atoms with Crippen molar-refractivity contribution in [2.75, 3.05) is 7.11 Å². The minimum absolute atomic E-state index is 0.0694. The lowest BCUT2D eigenvalue weighted by Crippen LogP contribution is -1.99. The van der Waals surface area contributed by atoms with Crippen LogP contribution in [-0.4, -0.2) is 17.5 Å². The lowest BCUT2D eigenvalue weighted by molar-refractivity contribution is 0.104. The molecule has 2 aromatic heterocycles. The van der Waals surface area contributed by atoms with E-state index in [0.29, 0.717) is 21.2 Å². The summed E-state index contributed by atoms with van der Waals surface area (Å²) in [5.74, 6) is 0.624. The van der Waals surface area contributed by atoms with Crippen LogP contribution in [0.4, 0.5) is 0 Å². The molecule has 0 bridgehead atoms. The first-order valence-electron chi connectivity index (χ1n) is 6.03. The third-order valence-electron chi connectivity index (χ3n) is 3.26. The fourth-order valence-corrected chi connectivity index (χ4v) is 3.43. The first-order chi connectivity index (χ1) is 9.63. The van der Waals surface area contributed by atoms with E-state index in [0.717, 1.165) is 10.9 Å². The van der Waals surface area contributed by atoms with E-state index in [-0.39, 0.29) is 5.78 Å². The molecule has 0 amide bonds. The van der Waals surface area contributed by atoms with E-state index in [1.807, 2.05) is 41.4 Å². The zero-order valence-corrected chi connectivity index (χ0v) is 12.6.